The summed E-state index contributed by atoms with van der Waals surface area (Å²) in [6, 6.07) is 15.8. The Labute approximate surface area is 137 Å². The lowest BCUT2D eigenvalue weighted by atomic mass is 9.80. The first kappa shape index (κ1) is 15.3. The van der Waals surface area contributed by atoms with Gasteiger partial charge in [0.05, 0.1) is 12.5 Å². The second kappa shape index (κ2) is 5.88. The summed E-state index contributed by atoms with van der Waals surface area (Å²) in [6.07, 6.45) is 5.55. The van der Waals surface area contributed by atoms with Crippen LogP contribution in [-0.2, 0) is 10.2 Å². The molecule has 2 heteroatoms. The lowest BCUT2D eigenvalue weighted by molar-refractivity contribution is -0.117. The quantitative estimate of drug-likeness (QED) is 0.768. The molecule has 0 aromatic heterocycles. The number of carbonyl (C=O) groups is 1. The highest BCUT2D eigenvalue weighted by Gasteiger charge is 2.37. The summed E-state index contributed by atoms with van der Waals surface area (Å²) in [5.74, 6) is 0.841. The highest BCUT2D eigenvalue weighted by Crippen LogP contribution is 2.41. The average Bonchev–Trinajstić information content (AvgIpc) is 2.85. The topological polar surface area (TPSA) is 26.3 Å². The summed E-state index contributed by atoms with van der Waals surface area (Å²) in [5.41, 5.74) is 3.70. The van der Waals surface area contributed by atoms with Gasteiger partial charge in [0.25, 0.3) is 0 Å². The molecule has 1 atom stereocenters. The van der Waals surface area contributed by atoms with E-state index in [1.807, 2.05) is 55.5 Å². The molecule has 0 heterocycles. The zero-order chi connectivity index (χ0) is 16.4. The van der Waals surface area contributed by atoms with Crippen molar-refractivity contribution in [3.05, 3.63) is 77.4 Å². The van der Waals surface area contributed by atoms with E-state index in [9.17, 15) is 4.79 Å². The third-order valence-corrected chi connectivity index (χ3v) is 4.48. The predicted octanol–water partition coefficient (Wildman–Crippen LogP) is 4.65. The summed E-state index contributed by atoms with van der Waals surface area (Å²) in [6.45, 7) is 4.04. The van der Waals surface area contributed by atoms with E-state index < -0.39 is 5.41 Å². The van der Waals surface area contributed by atoms with E-state index in [1.54, 1.807) is 13.2 Å². The van der Waals surface area contributed by atoms with Crippen molar-refractivity contribution in [1.29, 1.82) is 0 Å². The monoisotopic (exact) mass is 304 g/mol. The fraction of sp³-hybridized carbons (Fsp3) is 0.190. The number of benzene rings is 2. The Morgan fingerprint density at radius 1 is 1.09 bits per heavy atom. The third-order valence-electron chi connectivity index (χ3n) is 4.48. The van der Waals surface area contributed by atoms with Gasteiger partial charge in [-0.1, -0.05) is 48.5 Å². The summed E-state index contributed by atoms with van der Waals surface area (Å²) in [5, 5.41) is 0. The fourth-order valence-electron chi connectivity index (χ4n) is 3.21. The van der Waals surface area contributed by atoms with Crippen LogP contribution >= 0.6 is 0 Å². The molecule has 1 aliphatic rings. The van der Waals surface area contributed by atoms with Crippen LogP contribution in [0.5, 0.6) is 5.75 Å². The number of hydrogen-bond acceptors (Lipinski definition) is 2. The van der Waals surface area contributed by atoms with Gasteiger partial charge in [0.15, 0.2) is 5.78 Å². The molecule has 2 aromatic rings. The van der Waals surface area contributed by atoms with Crippen LogP contribution in [-0.4, -0.2) is 12.9 Å². The van der Waals surface area contributed by atoms with Crippen molar-refractivity contribution < 1.29 is 9.53 Å². The van der Waals surface area contributed by atoms with Gasteiger partial charge in [-0.05, 0) is 48.8 Å². The van der Waals surface area contributed by atoms with Gasteiger partial charge in [0.1, 0.15) is 5.75 Å². The maximum atomic E-state index is 12.9. The van der Waals surface area contributed by atoms with Gasteiger partial charge in [0, 0.05) is 5.56 Å². The minimum absolute atomic E-state index is 0.0766. The lowest BCUT2D eigenvalue weighted by Gasteiger charge is -2.20. The normalized spacial score (nSPS) is 19.5. The molecule has 0 bridgehead atoms. The van der Waals surface area contributed by atoms with E-state index >= 15 is 0 Å². The number of hydrogen-bond donors (Lipinski definition) is 0. The van der Waals surface area contributed by atoms with E-state index in [4.69, 9.17) is 4.74 Å². The van der Waals surface area contributed by atoms with Crippen molar-refractivity contribution >= 4 is 17.4 Å². The predicted molar refractivity (Wildman–Crippen MR) is 94.5 cm³/mol. The molecule has 0 saturated carbocycles. The second-order valence-electron chi connectivity index (χ2n) is 6.01. The Hall–Kier alpha value is -2.61. The zero-order valence-electron chi connectivity index (χ0n) is 13.7. The molecule has 0 fully saturated rings. The van der Waals surface area contributed by atoms with Gasteiger partial charge in [-0.2, -0.15) is 0 Å². The van der Waals surface area contributed by atoms with Crippen LogP contribution in [0.1, 0.15) is 30.5 Å². The molecule has 23 heavy (non-hydrogen) atoms. The first-order valence-electron chi connectivity index (χ1n) is 7.71. The minimum Gasteiger partial charge on any atom is -0.496 e. The highest BCUT2D eigenvalue weighted by atomic mass is 16.5. The molecular formula is C21H20O2. The van der Waals surface area contributed by atoms with Crippen LogP contribution in [0.3, 0.4) is 0 Å². The number of rotatable bonds is 4. The van der Waals surface area contributed by atoms with Crippen molar-refractivity contribution in [3.63, 3.8) is 0 Å². The Balaban J connectivity index is 1.94. The largest absolute Gasteiger partial charge is 0.496 e. The summed E-state index contributed by atoms with van der Waals surface area (Å²) in [7, 11) is 1.63. The highest BCUT2D eigenvalue weighted by molar-refractivity contribution is 6.06. The Bertz CT molecular complexity index is 814. The molecule has 2 nitrogen and oxygen atoms in total. The van der Waals surface area contributed by atoms with Crippen LogP contribution in [0.25, 0.3) is 11.6 Å². The first-order valence-corrected chi connectivity index (χ1v) is 7.71. The molecule has 2 aromatic carbocycles. The second-order valence-corrected chi connectivity index (χ2v) is 6.01. The van der Waals surface area contributed by atoms with Crippen LogP contribution in [0.15, 0.2) is 60.7 Å². The van der Waals surface area contributed by atoms with Crippen molar-refractivity contribution in [2.24, 2.45) is 0 Å². The lowest BCUT2D eigenvalue weighted by Crippen LogP contribution is -2.27. The summed E-state index contributed by atoms with van der Waals surface area (Å²) < 4.78 is 5.33. The van der Waals surface area contributed by atoms with Gasteiger partial charge < -0.3 is 4.74 Å². The molecule has 0 spiro atoms. The SMILES string of the molecule is COc1ccccc1/C=C/C(=O)C1(C)C=C(C)c2ccccc21. The molecule has 0 radical (unpaired) electrons. The van der Waals surface area contributed by atoms with Crippen LogP contribution in [0.4, 0.5) is 0 Å². The van der Waals surface area contributed by atoms with Gasteiger partial charge in [-0.15, -0.1) is 0 Å². The van der Waals surface area contributed by atoms with Crippen molar-refractivity contribution in [2.75, 3.05) is 7.11 Å². The third kappa shape index (κ3) is 2.61. The number of ketones is 1. The molecular weight excluding hydrogens is 284 g/mol. The maximum absolute atomic E-state index is 12.9. The van der Waals surface area contributed by atoms with Crippen LogP contribution < -0.4 is 4.74 Å². The standard InChI is InChI=1S/C21H20O2/c1-15-14-21(2,18-10-6-5-9-17(15)18)20(22)13-12-16-8-4-7-11-19(16)23-3/h4-14H,1-3H3/b13-12+. The molecule has 0 saturated heterocycles. The number of allylic oxidation sites excluding steroid dienone is 3. The van der Waals surface area contributed by atoms with E-state index in [-0.39, 0.29) is 5.78 Å². The summed E-state index contributed by atoms with van der Waals surface area (Å²) >= 11 is 0. The maximum Gasteiger partial charge on any atom is 0.169 e. The molecule has 0 N–H and O–H groups in total. The van der Waals surface area contributed by atoms with Gasteiger partial charge >= 0.3 is 0 Å². The minimum atomic E-state index is -0.598. The first-order chi connectivity index (χ1) is 11.1. The number of para-hydroxylation sites is 1. The smallest absolute Gasteiger partial charge is 0.169 e. The molecule has 1 aliphatic carbocycles. The fourth-order valence-corrected chi connectivity index (χ4v) is 3.21. The molecule has 3 rings (SSSR count). The molecule has 116 valence electrons. The van der Waals surface area contributed by atoms with Gasteiger partial charge in [-0.3, -0.25) is 4.79 Å². The Morgan fingerprint density at radius 3 is 2.57 bits per heavy atom. The van der Waals surface area contributed by atoms with E-state index in [2.05, 4.69) is 19.1 Å². The van der Waals surface area contributed by atoms with Crippen molar-refractivity contribution in [3.8, 4) is 5.75 Å². The molecule has 1 unspecified atom stereocenters. The average molecular weight is 304 g/mol. The van der Waals surface area contributed by atoms with Crippen LogP contribution in [0.2, 0.25) is 0 Å². The number of fused-ring (bicyclic) bond motifs is 1. The zero-order valence-corrected chi connectivity index (χ0v) is 13.7. The number of carbonyl (C=O) groups excluding carboxylic acids is 1. The van der Waals surface area contributed by atoms with Gasteiger partial charge in [0.2, 0.25) is 0 Å². The molecule has 0 aliphatic heterocycles. The van der Waals surface area contributed by atoms with Crippen molar-refractivity contribution in [2.45, 2.75) is 19.3 Å². The Morgan fingerprint density at radius 2 is 1.78 bits per heavy atom. The van der Waals surface area contributed by atoms with Crippen LogP contribution in [0, 0.1) is 0 Å². The molecule has 0 amide bonds. The summed E-state index contributed by atoms with van der Waals surface area (Å²) in [4.78, 5) is 12.9. The Kier molecular flexibility index (Phi) is 3.91. The van der Waals surface area contributed by atoms with E-state index in [1.165, 1.54) is 0 Å². The van der Waals surface area contributed by atoms with E-state index in [0.29, 0.717) is 0 Å². The van der Waals surface area contributed by atoms with E-state index in [0.717, 1.165) is 28.0 Å². The van der Waals surface area contributed by atoms with Crippen molar-refractivity contribution in [1.82, 2.24) is 0 Å². The number of methoxy groups -OCH3 is 1. The number of ether oxygens (including phenoxy) is 1. The van der Waals surface area contributed by atoms with Gasteiger partial charge in [-0.25, -0.2) is 0 Å².